The summed E-state index contributed by atoms with van der Waals surface area (Å²) < 4.78 is 51.7. The van der Waals surface area contributed by atoms with Crippen molar-refractivity contribution in [3.05, 3.63) is 89.9 Å². The summed E-state index contributed by atoms with van der Waals surface area (Å²) >= 11 is 0. The Hall–Kier alpha value is -3.29. The summed E-state index contributed by atoms with van der Waals surface area (Å²) in [5.74, 6) is -0.410. The molecule has 0 unspecified atom stereocenters. The van der Waals surface area contributed by atoms with Gasteiger partial charge in [0, 0.05) is 35.0 Å². The molecule has 7 heteroatoms. The summed E-state index contributed by atoms with van der Waals surface area (Å²) in [4.78, 5) is 0. The van der Waals surface area contributed by atoms with Crippen molar-refractivity contribution in [1.82, 2.24) is 5.32 Å². The Morgan fingerprint density at radius 2 is 1.71 bits per heavy atom. The third kappa shape index (κ3) is 4.90. The molecule has 0 aliphatic carbocycles. The first-order valence-corrected chi connectivity index (χ1v) is 9.73. The fraction of sp³-hybridized carbons (Fsp3) is 0.167. The van der Waals surface area contributed by atoms with E-state index in [1.807, 2.05) is 12.1 Å². The van der Waals surface area contributed by atoms with Crippen LogP contribution in [0.2, 0.25) is 0 Å². The molecule has 1 atom stereocenters. The van der Waals surface area contributed by atoms with E-state index in [0.29, 0.717) is 16.9 Å². The predicted octanol–water partition coefficient (Wildman–Crippen LogP) is 5.05. The van der Waals surface area contributed by atoms with Gasteiger partial charge >= 0.3 is 0 Å². The quantitative estimate of drug-likeness (QED) is 0.413. The van der Waals surface area contributed by atoms with Crippen LogP contribution in [0.25, 0.3) is 22.1 Å². The van der Waals surface area contributed by atoms with Crippen LogP contribution in [-0.4, -0.2) is 24.4 Å². The predicted molar refractivity (Wildman–Crippen MR) is 111 cm³/mol. The van der Waals surface area contributed by atoms with Crippen molar-refractivity contribution in [2.24, 2.45) is 0 Å². The normalized spacial score (nSPS) is 12.3. The first-order valence-electron chi connectivity index (χ1n) is 9.73. The van der Waals surface area contributed by atoms with Crippen LogP contribution in [0, 0.1) is 17.5 Å². The molecule has 0 aliphatic rings. The Morgan fingerprint density at radius 3 is 2.45 bits per heavy atom. The molecule has 4 aromatic rings. The van der Waals surface area contributed by atoms with E-state index in [1.165, 1.54) is 36.6 Å². The maximum atomic E-state index is 13.6. The highest BCUT2D eigenvalue weighted by molar-refractivity contribution is 5.94. The number of rotatable bonds is 8. The van der Waals surface area contributed by atoms with Gasteiger partial charge in [0.25, 0.3) is 0 Å². The van der Waals surface area contributed by atoms with Crippen LogP contribution in [-0.2, 0) is 6.54 Å². The van der Waals surface area contributed by atoms with E-state index >= 15 is 0 Å². The molecule has 4 rings (SSSR count). The molecule has 0 bridgehead atoms. The Morgan fingerprint density at radius 1 is 0.968 bits per heavy atom. The minimum absolute atomic E-state index is 0.00899. The smallest absolute Gasteiger partial charge is 0.141 e. The van der Waals surface area contributed by atoms with Crippen LogP contribution in [0.15, 0.2) is 71.3 Å². The van der Waals surface area contributed by atoms with Crippen LogP contribution in [0.5, 0.6) is 5.75 Å². The lowest BCUT2D eigenvalue weighted by atomic mass is 10.1. The monoisotopic (exact) mass is 427 g/mol. The molecule has 2 N–H and O–H groups in total. The molecular weight excluding hydrogens is 407 g/mol. The Balaban J connectivity index is 1.30. The summed E-state index contributed by atoms with van der Waals surface area (Å²) in [6.45, 7) is 0.0845. The number of fused-ring (bicyclic) bond motifs is 1. The summed E-state index contributed by atoms with van der Waals surface area (Å²) in [5.41, 5.74) is 0.738. The topological polar surface area (TPSA) is 54.6 Å². The van der Waals surface area contributed by atoms with E-state index in [2.05, 4.69) is 5.32 Å². The lowest BCUT2D eigenvalue weighted by Crippen LogP contribution is -2.31. The average Bonchev–Trinajstić information content (AvgIpc) is 3.17. The highest BCUT2D eigenvalue weighted by Gasteiger charge is 2.12. The number of hydrogen-bond donors (Lipinski definition) is 2. The summed E-state index contributed by atoms with van der Waals surface area (Å²) in [6, 6.07) is 15.2. The minimum atomic E-state index is -0.863. The van der Waals surface area contributed by atoms with Crippen molar-refractivity contribution in [1.29, 1.82) is 0 Å². The number of halogens is 3. The number of furan rings is 1. The first kappa shape index (κ1) is 21.0. The second kappa shape index (κ2) is 9.24. The summed E-state index contributed by atoms with van der Waals surface area (Å²) in [7, 11) is 0. The van der Waals surface area contributed by atoms with Crippen LogP contribution in [0.4, 0.5) is 13.2 Å². The Labute approximate surface area is 176 Å². The second-order valence-corrected chi connectivity index (χ2v) is 7.12. The molecule has 0 radical (unpaired) electrons. The van der Waals surface area contributed by atoms with Gasteiger partial charge in [-0.1, -0.05) is 6.07 Å². The number of nitrogens with one attached hydrogen (secondary N) is 1. The van der Waals surface area contributed by atoms with Crippen LogP contribution in [0.3, 0.4) is 0 Å². The lowest BCUT2D eigenvalue weighted by Gasteiger charge is -2.14. The SMILES string of the molecule is O[C@H](CNCc1c(F)cccc1F)COc1ccc(-c2occ3cc(F)ccc23)cc1. The van der Waals surface area contributed by atoms with Gasteiger partial charge in [0.1, 0.15) is 41.7 Å². The van der Waals surface area contributed by atoms with E-state index in [1.54, 1.807) is 18.2 Å². The lowest BCUT2D eigenvalue weighted by molar-refractivity contribution is 0.106. The molecule has 1 heterocycles. The molecular formula is C24H20F3NO3. The summed E-state index contributed by atoms with van der Waals surface area (Å²) in [5, 5.41) is 14.4. The minimum Gasteiger partial charge on any atom is -0.491 e. The highest BCUT2D eigenvalue weighted by atomic mass is 19.1. The molecule has 0 saturated carbocycles. The van der Waals surface area contributed by atoms with E-state index in [0.717, 1.165) is 10.9 Å². The molecule has 4 nitrogen and oxygen atoms in total. The zero-order chi connectivity index (χ0) is 21.8. The fourth-order valence-electron chi connectivity index (χ4n) is 3.27. The number of benzene rings is 3. The van der Waals surface area contributed by atoms with Gasteiger partial charge in [-0.15, -0.1) is 0 Å². The van der Waals surface area contributed by atoms with Gasteiger partial charge in [-0.3, -0.25) is 0 Å². The van der Waals surface area contributed by atoms with Gasteiger partial charge in [0.05, 0.1) is 6.26 Å². The molecule has 160 valence electrons. The zero-order valence-electron chi connectivity index (χ0n) is 16.4. The van der Waals surface area contributed by atoms with Crippen molar-refractivity contribution in [3.63, 3.8) is 0 Å². The zero-order valence-corrected chi connectivity index (χ0v) is 16.4. The van der Waals surface area contributed by atoms with Gasteiger partial charge in [-0.05, 0) is 54.6 Å². The maximum Gasteiger partial charge on any atom is 0.141 e. The molecule has 0 amide bonds. The third-order valence-electron chi connectivity index (χ3n) is 4.86. The standard InChI is InChI=1S/C24H20F3NO3/c25-17-6-9-20-16(10-17)13-31-24(20)15-4-7-19(8-5-15)30-14-18(29)11-28-12-21-22(26)2-1-3-23(21)27/h1-10,13,18,28-29H,11-12,14H2/t18-/m1/s1. The number of ether oxygens (including phenoxy) is 1. The van der Waals surface area contributed by atoms with Crippen molar-refractivity contribution in [2.45, 2.75) is 12.6 Å². The van der Waals surface area contributed by atoms with E-state index in [9.17, 15) is 18.3 Å². The van der Waals surface area contributed by atoms with Gasteiger partial charge in [-0.25, -0.2) is 13.2 Å². The van der Waals surface area contributed by atoms with Crippen LogP contribution < -0.4 is 10.1 Å². The molecule has 31 heavy (non-hydrogen) atoms. The second-order valence-electron chi connectivity index (χ2n) is 7.12. The van der Waals surface area contributed by atoms with E-state index < -0.39 is 17.7 Å². The number of aliphatic hydroxyl groups excluding tert-OH is 1. The third-order valence-corrected chi connectivity index (χ3v) is 4.86. The van der Waals surface area contributed by atoms with Crippen molar-refractivity contribution in [2.75, 3.05) is 13.2 Å². The summed E-state index contributed by atoms with van der Waals surface area (Å²) in [6.07, 6.45) is 0.646. The van der Waals surface area contributed by atoms with Gasteiger partial charge in [0.15, 0.2) is 0 Å². The number of hydrogen-bond acceptors (Lipinski definition) is 4. The van der Waals surface area contributed by atoms with E-state index in [-0.39, 0.29) is 31.1 Å². The van der Waals surface area contributed by atoms with Crippen molar-refractivity contribution in [3.8, 4) is 17.1 Å². The average molecular weight is 427 g/mol. The molecule has 0 spiro atoms. The van der Waals surface area contributed by atoms with Crippen molar-refractivity contribution < 1.29 is 27.4 Å². The Bertz CT molecular complexity index is 1150. The molecule has 3 aromatic carbocycles. The molecule has 0 fully saturated rings. The van der Waals surface area contributed by atoms with Crippen molar-refractivity contribution >= 4 is 10.8 Å². The maximum absolute atomic E-state index is 13.6. The van der Waals surface area contributed by atoms with Gasteiger partial charge in [-0.2, -0.15) is 0 Å². The fourth-order valence-corrected chi connectivity index (χ4v) is 3.27. The largest absolute Gasteiger partial charge is 0.491 e. The molecule has 0 saturated heterocycles. The Kier molecular flexibility index (Phi) is 6.25. The van der Waals surface area contributed by atoms with E-state index in [4.69, 9.17) is 9.15 Å². The highest BCUT2D eigenvalue weighted by Crippen LogP contribution is 2.31. The van der Waals surface area contributed by atoms with Crippen LogP contribution in [0.1, 0.15) is 5.56 Å². The number of aliphatic hydroxyl groups is 1. The molecule has 0 aliphatic heterocycles. The first-order chi connectivity index (χ1) is 15.0. The van der Waals surface area contributed by atoms with Crippen LogP contribution >= 0.6 is 0 Å². The van der Waals surface area contributed by atoms with Gasteiger partial charge in [0.2, 0.25) is 0 Å². The van der Waals surface area contributed by atoms with Gasteiger partial charge < -0.3 is 19.6 Å². The molecule has 1 aromatic heterocycles.